The fraction of sp³-hybridized carbons (Fsp3) is 0. The van der Waals surface area contributed by atoms with E-state index in [4.69, 9.17) is 9.97 Å². The minimum absolute atomic E-state index is 0.197. The number of pyridine rings is 2. The van der Waals surface area contributed by atoms with Gasteiger partial charge < -0.3 is 5.11 Å². The van der Waals surface area contributed by atoms with E-state index in [1.165, 1.54) is 10.8 Å². The molecule has 0 atom stereocenters. The molecule has 4 nitrogen and oxygen atoms in total. The molecule has 7 rings (SSSR count). The van der Waals surface area contributed by atoms with Gasteiger partial charge in [-0.15, -0.1) is 0 Å². The molecule has 4 aromatic carbocycles. The Kier molecular flexibility index (Phi) is 4.50. The number of aromatic hydroxyl groups is 1. The van der Waals surface area contributed by atoms with E-state index in [0.29, 0.717) is 5.52 Å². The topological polar surface area (TPSA) is 50.9 Å². The third-order valence-electron chi connectivity index (χ3n) is 6.39. The maximum atomic E-state index is 10.2. The van der Waals surface area contributed by atoms with Crippen LogP contribution in [0.2, 0.25) is 0 Å². The fourth-order valence-electron chi connectivity index (χ4n) is 4.75. The van der Waals surface area contributed by atoms with Crippen LogP contribution in [0.3, 0.4) is 0 Å². The van der Waals surface area contributed by atoms with Crippen LogP contribution < -0.4 is 0 Å². The molecule has 0 saturated heterocycles. The van der Waals surface area contributed by atoms with E-state index >= 15 is 0 Å². The molecule has 3 heterocycles. The summed E-state index contributed by atoms with van der Waals surface area (Å²) >= 11 is 1.59. The average molecular weight is 470 g/mol. The smallest absolute Gasteiger partial charge is 0.141 e. The van der Waals surface area contributed by atoms with Crippen molar-refractivity contribution in [3.8, 4) is 11.6 Å². The SMILES string of the molecule is Oc1cccc2ccc(Sc3ccc4c5ccccc5n(-c5cc6ccccc6cn5)c4c3)nc12. The molecule has 1 N–H and O–H groups in total. The van der Waals surface area contributed by atoms with E-state index in [9.17, 15) is 5.11 Å². The Balaban J connectivity index is 1.41. The lowest BCUT2D eigenvalue weighted by Gasteiger charge is -2.09. The largest absolute Gasteiger partial charge is 0.506 e. The highest BCUT2D eigenvalue weighted by Gasteiger charge is 2.14. The van der Waals surface area contributed by atoms with Gasteiger partial charge in [0.15, 0.2) is 0 Å². The first-order chi connectivity index (χ1) is 17.2. The summed E-state index contributed by atoms with van der Waals surface area (Å²) in [5, 5.41) is 16.7. The third kappa shape index (κ3) is 3.32. The third-order valence-corrected chi connectivity index (χ3v) is 7.31. The average Bonchev–Trinajstić information content (AvgIpc) is 3.22. The lowest BCUT2D eigenvalue weighted by Crippen LogP contribution is -1.97. The van der Waals surface area contributed by atoms with Gasteiger partial charge in [0.2, 0.25) is 0 Å². The Labute approximate surface area is 205 Å². The van der Waals surface area contributed by atoms with E-state index in [1.54, 1.807) is 17.8 Å². The van der Waals surface area contributed by atoms with E-state index in [-0.39, 0.29) is 5.75 Å². The number of benzene rings is 4. The molecule has 0 bridgehead atoms. The summed E-state index contributed by atoms with van der Waals surface area (Å²) < 4.78 is 2.24. The molecule has 3 aromatic heterocycles. The number of rotatable bonds is 3. The summed E-state index contributed by atoms with van der Waals surface area (Å²) in [6.07, 6.45) is 1.94. The minimum atomic E-state index is 0.197. The van der Waals surface area contributed by atoms with Crippen molar-refractivity contribution in [1.82, 2.24) is 14.5 Å². The van der Waals surface area contributed by atoms with Gasteiger partial charge in [-0.3, -0.25) is 4.57 Å². The van der Waals surface area contributed by atoms with E-state index in [2.05, 4.69) is 71.3 Å². The van der Waals surface area contributed by atoms with Crippen LogP contribution in [-0.4, -0.2) is 19.6 Å². The van der Waals surface area contributed by atoms with Gasteiger partial charge in [-0.1, -0.05) is 72.4 Å². The van der Waals surface area contributed by atoms with E-state index < -0.39 is 0 Å². The van der Waals surface area contributed by atoms with Crippen LogP contribution in [0.1, 0.15) is 0 Å². The van der Waals surface area contributed by atoms with Crippen molar-refractivity contribution < 1.29 is 5.11 Å². The summed E-state index contributed by atoms with van der Waals surface area (Å²) in [6.45, 7) is 0. The normalized spacial score (nSPS) is 11.7. The molecule has 0 unspecified atom stereocenters. The Morgan fingerprint density at radius 3 is 2.40 bits per heavy atom. The first kappa shape index (κ1) is 20.1. The number of fused-ring (bicyclic) bond motifs is 5. The second-order valence-corrected chi connectivity index (χ2v) is 9.62. The van der Waals surface area contributed by atoms with Crippen LogP contribution in [0.4, 0.5) is 0 Å². The molecular weight excluding hydrogens is 450 g/mol. The van der Waals surface area contributed by atoms with Gasteiger partial charge in [-0.05, 0) is 47.9 Å². The molecule has 0 radical (unpaired) electrons. The van der Waals surface area contributed by atoms with Crippen molar-refractivity contribution >= 4 is 55.2 Å². The van der Waals surface area contributed by atoms with E-state index in [0.717, 1.165) is 42.9 Å². The molecule has 0 aliphatic heterocycles. The molecule has 35 heavy (non-hydrogen) atoms. The fourth-order valence-corrected chi connectivity index (χ4v) is 5.57. The van der Waals surface area contributed by atoms with Gasteiger partial charge >= 0.3 is 0 Å². The van der Waals surface area contributed by atoms with Gasteiger partial charge in [0.1, 0.15) is 22.1 Å². The van der Waals surface area contributed by atoms with Crippen LogP contribution in [0.25, 0.3) is 49.3 Å². The van der Waals surface area contributed by atoms with Crippen LogP contribution in [0, 0.1) is 0 Å². The molecular formula is C30H19N3OS. The molecule has 166 valence electrons. The number of hydrogen-bond donors (Lipinski definition) is 1. The molecule has 0 fully saturated rings. The number of aromatic nitrogens is 3. The summed E-state index contributed by atoms with van der Waals surface area (Å²) in [6, 6.07) is 34.9. The summed E-state index contributed by atoms with van der Waals surface area (Å²) in [7, 11) is 0. The van der Waals surface area contributed by atoms with Gasteiger partial charge in [0.25, 0.3) is 0 Å². The van der Waals surface area contributed by atoms with Crippen molar-refractivity contribution in [2.45, 2.75) is 9.92 Å². The van der Waals surface area contributed by atoms with Crippen LogP contribution in [-0.2, 0) is 0 Å². The van der Waals surface area contributed by atoms with Crippen molar-refractivity contribution in [1.29, 1.82) is 0 Å². The van der Waals surface area contributed by atoms with Crippen molar-refractivity contribution in [3.63, 3.8) is 0 Å². The monoisotopic (exact) mass is 469 g/mol. The molecule has 5 heteroatoms. The second kappa shape index (κ2) is 7.86. The second-order valence-electron chi connectivity index (χ2n) is 8.52. The van der Waals surface area contributed by atoms with Crippen molar-refractivity contribution in [2.75, 3.05) is 0 Å². The zero-order chi connectivity index (χ0) is 23.4. The Morgan fingerprint density at radius 1 is 0.657 bits per heavy atom. The number of nitrogens with zero attached hydrogens (tertiary/aromatic N) is 3. The van der Waals surface area contributed by atoms with Gasteiger partial charge in [-0.2, -0.15) is 0 Å². The maximum Gasteiger partial charge on any atom is 0.141 e. The number of para-hydroxylation sites is 2. The Hall–Kier alpha value is -4.35. The first-order valence-electron chi connectivity index (χ1n) is 11.4. The van der Waals surface area contributed by atoms with Crippen LogP contribution in [0.15, 0.2) is 119 Å². The molecule has 7 aromatic rings. The highest BCUT2D eigenvalue weighted by molar-refractivity contribution is 7.99. The van der Waals surface area contributed by atoms with Crippen molar-refractivity contribution in [2.24, 2.45) is 0 Å². The minimum Gasteiger partial charge on any atom is -0.506 e. The van der Waals surface area contributed by atoms with Crippen LogP contribution in [0.5, 0.6) is 5.75 Å². The predicted octanol–water partition coefficient (Wildman–Crippen LogP) is 7.74. The maximum absolute atomic E-state index is 10.2. The number of phenolic OH excluding ortho intramolecular Hbond substituents is 1. The highest BCUT2D eigenvalue weighted by Crippen LogP contribution is 2.37. The molecule has 0 amide bonds. The van der Waals surface area contributed by atoms with Gasteiger partial charge in [-0.25, -0.2) is 9.97 Å². The lowest BCUT2D eigenvalue weighted by molar-refractivity contribution is 0.480. The number of hydrogen-bond acceptors (Lipinski definition) is 4. The predicted molar refractivity (Wildman–Crippen MR) is 144 cm³/mol. The quantitative estimate of drug-likeness (QED) is 0.288. The first-order valence-corrected chi connectivity index (χ1v) is 12.2. The zero-order valence-corrected chi connectivity index (χ0v) is 19.4. The zero-order valence-electron chi connectivity index (χ0n) is 18.6. The summed E-state index contributed by atoms with van der Waals surface area (Å²) in [5.74, 6) is 1.09. The van der Waals surface area contributed by atoms with Gasteiger partial charge in [0.05, 0.1) is 11.0 Å². The molecule has 0 aliphatic carbocycles. The van der Waals surface area contributed by atoms with E-state index in [1.807, 2.05) is 36.5 Å². The highest BCUT2D eigenvalue weighted by atomic mass is 32.2. The summed E-state index contributed by atoms with van der Waals surface area (Å²) in [5.41, 5.74) is 2.84. The molecule has 0 aliphatic rings. The van der Waals surface area contributed by atoms with Crippen LogP contribution >= 0.6 is 11.8 Å². The standard InChI is InChI=1S/C30H19N3OS/c34-27-11-5-8-19-12-15-29(32-30(19)27)35-22-13-14-24-23-9-3-4-10-25(23)33(26(24)17-22)28-16-20-6-1-2-7-21(20)18-31-28/h1-18,34H. The lowest BCUT2D eigenvalue weighted by atomic mass is 10.2. The van der Waals surface area contributed by atoms with Crippen molar-refractivity contribution in [3.05, 3.63) is 109 Å². The Bertz CT molecular complexity index is 1910. The summed E-state index contributed by atoms with van der Waals surface area (Å²) in [4.78, 5) is 10.6. The molecule has 0 spiro atoms. The van der Waals surface area contributed by atoms with Gasteiger partial charge in [0, 0.05) is 32.6 Å². The Morgan fingerprint density at radius 2 is 1.46 bits per heavy atom. The number of phenols is 1. The molecule has 0 saturated carbocycles.